The van der Waals surface area contributed by atoms with Crippen molar-refractivity contribution in [2.75, 3.05) is 0 Å². The van der Waals surface area contributed by atoms with Crippen LogP contribution in [0.4, 0.5) is 0 Å². The average Bonchev–Trinajstić information content (AvgIpc) is 2.46. The molecule has 0 radical (unpaired) electrons. The van der Waals surface area contributed by atoms with Crippen LogP contribution in [0.3, 0.4) is 0 Å². The van der Waals surface area contributed by atoms with Gasteiger partial charge in [-0.2, -0.15) is 5.26 Å². The molecule has 18 heavy (non-hydrogen) atoms. The number of hydrogen-bond acceptors (Lipinski definition) is 1. The van der Waals surface area contributed by atoms with E-state index in [2.05, 4.69) is 37.3 Å². The van der Waals surface area contributed by atoms with Gasteiger partial charge in [-0.15, -0.1) is 0 Å². The van der Waals surface area contributed by atoms with Gasteiger partial charge in [0.1, 0.15) is 0 Å². The SMILES string of the molecule is CC/C=C/C1CCC(c2ccc(C#N)cc2)CC1. The van der Waals surface area contributed by atoms with Crippen molar-refractivity contribution in [1.29, 1.82) is 5.26 Å². The van der Waals surface area contributed by atoms with Crippen molar-refractivity contribution in [1.82, 2.24) is 0 Å². The van der Waals surface area contributed by atoms with E-state index in [9.17, 15) is 0 Å². The fourth-order valence-corrected chi connectivity index (χ4v) is 2.80. The fourth-order valence-electron chi connectivity index (χ4n) is 2.80. The summed E-state index contributed by atoms with van der Waals surface area (Å²) in [5.41, 5.74) is 2.17. The first-order chi connectivity index (χ1) is 8.83. The lowest BCUT2D eigenvalue weighted by Gasteiger charge is -2.27. The molecular formula is C17H21N. The first kappa shape index (κ1) is 12.9. The number of rotatable bonds is 3. The molecule has 1 heteroatoms. The molecule has 0 heterocycles. The van der Waals surface area contributed by atoms with Gasteiger partial charge < -0.3 is 0 Å². The Balaban J connectivity index is 1.93. The smallest absolute Gasteiger partial charge is 0.0991 e. The molecule has 2 rings (SSSR count). The summed E-state index contributed by atoms with van der Waals surface area (Å²) in [5, 5.41) is 8.80. The first-order valence-corrected chi connectivity index (χ1v) is 7.00. The molecule has 0 unspecified atom stereocenters. The third-order valence-electron chi connectivity index (χ3n) is 3.93. The quantitative estimate of drug-likeness (QED) is 0.695. The number of allylic oxidation sites excluding steroid dienone is 2. The molecule has 0 spiro atoms. The molecule has 1 fully saturated rings. The summed E-state index contributed by atoms with van der Waals surface area (Å²) in [6.07, 6.45) is 11.0. The Labute approximate surface area is 110 Å². The molecular weight excluding hydrogens is 218 g/mol. The van der Waals surface area contributed by atoms with Gasteiger partial charge in [-0.3, -0.25) is 0 Å². The zero-order chi connectivity index (χ0) is 12.8. The highest BCUT2D eigenvalue weighted by atomic mass is 14.3. The van der Waals surface area contributed by atoms with Gasteiger partial charge in [-0.1, -0.05) is 31.2 Å². The minimum absolute atomic E-state index is 0.698. The summed E-state index contributed by atoms with van der Waals surface area (Å²) in [6, 6.07) is 10.3. The predicted octanol–water partition coefficient (Wildman–Crippen LogP) is 4.80. The second kappa shape index (κ2) is 6.40. The number of benzene rings is 1. The largest absolute Gasteiger partial charge is 0.192 e. The van der Waals surface area contributed by atoms with E-state index in [1.54, 1.807) is 0 Å². The Hall–Kier alpha value is -1.55. The highest BCUT2D eigenvalue weighted by Gasteiger charge is 2.20. The van der Waals surface area contributed by atoms with Crippen LogP contribution in [0.15, 0.2) is 36.4 Å². The van der Waals surface area contributed by atoms with E-state index in [-0.39, 0.29) is 0 Å². The molecule has 94 valence electrons. The minimum Gasteiger partial charge on any atom is -0.192 e. The van der Waals surface area contributed by atoms with Gasteiger partial charge in [0.2, 0.25) is 0 Å². The predicted molar refractivity (Wildman–Crippen MR) is 75.3 cm³/mol. The molecule has 0 saturated heterocycles. The number of hydrogen-bond donors (Lipinski definition) is 0. The normalized spacial score (nSPS) is 24.0. The molecule has 0 aromatic heterocycles. The second-order valence-corrected chi connectivity index (χ2v) is 5.18. The van der Waals surface area contributed by atoms with Crippen LogP contribution in [0.25, 0.3) is 0 Å². The van der Waals surface area contributed by atoms with E-state index in [0.717, 1.165) is 17.9 Å². The lowest BCUT2D eigenvalue weighted by Crippen LogP contribution is -2.11. The van der Waals surface area contributed by atoms with Crippen molar-refractivity contribution in [2.24, 2.45) is 5.92 Å². The van der Waals surface area contributed by atoms with E-state index in [0.29, 0.717) is 5.92 Å². The van der Waals surface area contributed by atoms with Crippen LogP contribution in [0, 0.1) is 17.2 Å². The number of nitriles is 1. The van der Waals surface area contributed by atoms with Gasteiger partial charge in [0.15, 0.2) is 0 Å². The van der Waals surface area contributed by atoms with Crippen LogP contribution in [0.5, 0.6) is 0 Å². The monoisotopic (exact) mass is 239 g/mol. The molecule has 0 aliphatic heterocycles. The Morgan fingerprint density at radius 3 is 2.39 bits per heavy atom. The Morgan fingerprint density at radius 1 is 1.17 bits per heavy atom. The van der Waals surface area contributed by atoms with Crippen molar-refractivity contribution in [3.05, 3.63) is 47.5 Å². The third-order valence-corrected chi connectivity index (χ3v) is 3.93. The van der Waals surface area contributed by atoms with Gasteiger partial charge in [0.05, 0.1) is 11.6 Å². The Kier molecular flexibility index (Phi) is 4.59. The zero-order valence-corrected chi connectivity index (χ0v) is 11.1. The lowest BCUT2D eigenvalue weighted by molar-refractivity contribution is 0.375. The molecule has 0 atom stereocenters. The maximum atomic E-state index is 8.80. The van der Waals surface area contributed by atoms with Crippen LogP contribution in [0.2, 0.25) is 0 Å². The molecule has 1 nitrogen and oxygen atoms in total. The average molecular weight is 239 g/mol. The Morgan fingerprint density at radius 2 is 1.83 bits per heavy atom. The van der Waals surface area contributed by atoms with Gasteiger partial charge in [-0.05, 0) is 61.6 Å². The third kappa shape index (κ3) is 3.23. The molecule has 0 N–H and O–H groups in total. The van der Waals surface area contributed by atoms with Crippen LogP contribution < -0.4 is 0 Å². The maximum Gasteiger partial charge on any atom is 0.0991 e. The van der Waals surface area contributed by atoms with Crippen LogP contribution in [0.1, 0.15) is 56.1 Å². The molecule has 0 bridgehead atoms. The fraction of sp³-hybridized carbons (Fsp3) is 0.471. The summed E-state index contributed by atoms with van der Waals surface area (Å²) in [6.45, 7) is 2.19. The molecule has 1 aliphatic carbocycles. The van der Waals surface area contributed by atoms with E-state index >= 15 is 0 Å². The van der Waals surface area contributed by atoms with Crippen LogP contribution >= 0.6 is 0 Å². The van der Waals surface area contributed by atoms with Crippen molar-refractivity contribution >= 4 is 0 Å². The summed E-state index contributed by atoms with van der Waals surface area (Å²) >= 11 is 0. The molecule has 0 amide bonds. The van der Waals surface area contributed by atoms with E-state index in [1.807, 2.05) is 12.1 Å². The highest BCUT2D eigenvalue weighted by Crippen LogP contribution is 2.36. The highest BCUT2D eigenvalue weighted by molar-refractivity contribution is 5.33. The van der Waals surface area contributed by atoms with Gasteiger partial charge in [0.25, 0.3) is 0 Å². The van der Waals surface area contributed by atoms with Gasteiger partial charge in [0, 0.05) is 0 Å². The molecule has 1 aliphatic rings. The molecule has 1 aromatic carbocycles. The van der Waals surface area contributed by atoms with E-state index in [1.165, 1.54) is 31.2 Å². The minimum atomic E-state index is 0.698. The summed E-state index contributed by atoms with van der Waals surface area (Å²) in [7, 11) is 0. The summed E-state index contributed by atoms with van der Waals surface area (Å²) in [4.78, 5) is 0. The van der Waals surface area contributed by atoms with Crippen molar-refractivity contribution in [3.63, 3.8) is 0 Å². The van der Waals surface area contributed by atoms with Crippen LogP contribution in [-0.4, -0.2) is 0 Å². The summed E-state index contributed by atoms with van der Waals surface area (Å²) < 4.78 is 0. The van der Waals surface area contributed by atoms with Crippen LogP contribution in [-0.2, 0) is 0 Å². The maximum absolute atomic E-state index is 8.80. The topological polar surface area (TPSA) is 23.8 Å². The standard InChI is InChI=1S/C17H21N/c1-2-3-4-14-5-9-16(10-6-14)17-11-7-15(13-18)8-12-17/h3-4,7-8,11-12,14,16H,2,5-6,9-10H2,1H3/b4-3+. The van der Waals surface area contributed by atoms with E-state index < -0.39 is 0 Å². The van der Waals surface area contributed by atoms with Gasteiger partial charge >= 0.3 is 0 Å². The number of nitrogens with zero attached hydrogens (tertiary/aromatic N) is 1. The van der Waals surface area contributed by atoms with Gasteiger partial charge in [-0.25, -0.2) is 0 Å². The molecule has 1 saturated carbocycles. The lowest BCUT2D eigenvalue weighted by atomic mass is 9.78. The van der Waals surface area contributed by atoms with E-state index in [4.69, 9.17) is 5.26 Å². The summed E-state index contributed by atoms with van der Waals surface area (Å²) in [5.74, 6) is 1.49. The second-order valence-electron chi connectivity index (χ2n) is 5.18. The van der Waals surface area contributed by atoms with Crippen molar-refractivity contribution in [3.8, 4) is 6.07 Å². The Bertz CT molecular complexity index is 428. The molecule has 1 aromatic rings. The zero-order valence-electron chi connectivity index (χ0n) is 11.1. The first-order valence-electron chi connectivity index (χ1n) is 7.00. The van der Waals surface area contributed by atoms with Crippen molar-refractivity contribution < 1.29 is 0 Å². The van der Waals surface area contributed by atoms with Crippen molar-refractivity contribution in [2.45, 2.75) is 44.9 Å².